The van der Waals surface area contributed by atoms with Crippen LogP contribution in [0.1, 0.15) is 21.6 Å². The van der Waals surface area contributed by atoms with Crippen LogP contribution in [0.4, 0.5) is 0 Å². The number of halogens is 3. The average molecular weight is 423 g/mol. The maximum atomic E-state index is 10.8. The van der Waals surface area contributed by atoms with Gasteiger partial charge >= 0.3 is 0 Å². The fraction of sp³-hybridized carbons (Fsp3) is 0.231. The van der Waals surface area contributed by atoms with Gasteiger partial charge < -0.3 is 4.74 Å². The van der Waals surface area contributed by atoms with E-state index in [1.165, 1.54) is 0 Å². The van der Waals surface area contributed by atoms with E-state index in [1.54, 1.807) is 23.9 Å². The molecule has 0 aliphatic heterocycles. The Kier molecular flexibility index (Phi) is 4.88. The molecule has 106 valence electrons. The second kappa shape index (κ2) is 6.28. The fourth-order valence-electron chi connectivity index (χ4n) is 1.77. The van der Waals surface area contributed by atoms with Crippen LogP contribution in [0.5, 0.6) is 5.75 Å². The first-order valence-electron chi connectivity index (χ1n) is 5.69. The van der Waals surface area contributed by atoms with Crippen molar-refractivity contribution in [2.75, 3.05) is 0 Å². The number of aryl methyl sites for hydroxylation is 2. The van der Waals surface area contributed by atoms with Crippen molar-refractivity contribution >= 4 is 49.7 Å². The van der Waals surface area contributed by atoms with E-state index < -0.39 is 0 Å². The van der Waals surface area contributed by atoms with E-state index in [4.69, 9.17) is 16.3 Å². The zero-order valence-corrected chi connectivity index (χ0v) is 14.7. The molecule has 4 nitrogen and oxygen atoms in total. The monoisotopic (exact) mass is 420 g/mol. The van der Waals surface area contributed by atoms with Gasteiger partial charge in [0.15, 0.2) is 0 Å². The molecule has 0 N–H and O–H groups in total. The number of ether oxygens (including phenoxy) is 1. The Bertz CT molecular complexity index is 648. The molecule has 1 heterocycles. The second-order valence-electron chi connectivity index (χ2n) is 4.20. The predicted molar refractivity (Wildman–Crippen MR) is 84.5 cm³/mol. The average Bonchev–Trinajstić information content (AvgIpc) is 2.63. The van der Waals surface area contributed by atoms with Gasteiger partial charge in [0.2, 0.25) is 0 Å². The molecule has 0 bridgehead atoms. The molecule has 0 spiro atoms. The molecular weight excluding hydrogens is 411 g/mol. The van der Waals surface area contributed by atoms with Gasteiger partial charge in [-0.05, 0) is 50.9 Å². The van der Waals surface area contributed by atoms with E-state index in [2.05, 4.69) is 37.0 Å². The number of nitrogens with zero attached hydrogens (tertiary/aromatic N) is 2. The third-order valence-corrected chi connectivity index (χ3v) is 4.44. The van der Waals surface area contributed by atoms with Gasteiger partial charge in [0.1, 0.15) is 23.8 Å². The molecule has 0 radical (unpaired) electrons. The van der Waals surface area contributed by atoms with Gasteiger partial charge in [-0.1, -0.05) is 11.6 Å². The molecule has 0 saturated carbocycles. The molecule has 20 heavy (non-hydrogen) atoms. The molecule has 7 heteroatoms. The molecule has 0 atom stereocenters. The summed E-state index contributed by atoms with van der Waals surface area (Å²) in [6.07, 6.45) is 0.779. The number of benzene rings is 1. The van der Waals surface area contributed by atoms with Crippen molar-refractivity contribution < 1.29 is 9.53 Å². The molecule has 0 amide bonds. The standard InChI is InChI=1S/C13H11Br2ClN2O2/c1-7-9(13(16)18(2)17-7)6-20-12-10(14)3-8(5-19)4-11(12)15/h3-5H,6H2,1-2H3. The zero-order chi connectivity index (χ0) is 14.9. The minimum Gasteiger partial charge on any atom is -0.486 e. The normalized spacial score (nSPS) is 10.7. The quantitative estimate of drug-likeness (QED) is 0.690. The van der Waals surface area contributed by atoms with Crippen molar-refractivity contribution in [3.63, 3.8) is 0 Å². The lowest BCUT2D eigenvalue weighted by Crippen LogP contribution is -1.99. The minimum absolute atomic E-state index is 0.302. The van der Waals surface area contributed by atoms with Crippen LogP contribution in [0.15, 0.2) is 21.1 Å². The fourth-order valence-corrected chi connectivity index (χ4v) is 3.45. The number of carbonyl (C=O) groups excluding carboxylic acids is 1. The molecule has 1 aromatic carbocycles. The third-order valence-electron chi connectivity index (χ3n) is 2.79. The Morgan fingerprint density at radius 2 is 2.00 bits per heavy atom. The van der Waals surface area contributed by atoms with Crippen LogP contribution in [0.25, 0.3) is 0 Å². The van der Waals surface area contributed by atoms with Crippen molar-refractivity contribution in [3.05, 3.63) is 43.1 Å². The SMILES string of the molecule is Cc1nn(C)c(Cl)c1COc1c(Br)cc(C=O)cc1Br. The number of aromatic nitrogens is 2. The van der Waals surface area contributed by atoms with Crippen molar-refractivity contribution in [1.29, 1.82) is 0 Å². The van der Waals surface area contributed by atoms with Gasteiger partial charge in [-0.2, -0.15) is 5.10 Å². The molecule has 0 unspecified atom stereocenters. The van der Waals surface area contributed by atoms with E-state index in [0.717, 1.165) is 17.5 Å². The van der Waals surface area contributed by atoms with Crippen molar-refractivity contribution in [1.82, 2.24) is 9.78 Å². The first kappa shape index (κ1) is 15.5. The second-order valence-corrected chi connectivity index (χ2v) is 6.27. The number of rotatable bonds is 4. The van der Waals surface area contributed by atoms with Gasteiger partial charge in [0.05, 0.1) is 14.6 Å². The van der Waals surface area contributed by atoms with E-state index >= 15 is 0 Å². The largest absolute Gasteiger partial charge is 0.486 e. The molecule has 0 aliphatic carbocycles. The van der Waals surface area contributed by atoms with E-state index in [9.17, 15) is 4.79 Å². The Morgan fingerprint density at radius 3 is 2.45 bits per heavy atom. The van der Waals surface area contributed by atoms with Gasteiger partial charge in [-0.25, -0.2) is 0 Å². The van der Waals surface area contributed by atoms with E-state index in [0.29, 0.717) is 32.0 Å². The van der Waals surface area contributed by atoms with E-state index in [-0.39, 0.29) is 0 Å². The number of carbonyl (C=O) groups is 1. The molecule has 0 saturated heterocycles. The Hall–Kier alpha value is -0.850. The first-order valence-corrected chi connectivity index (χ1v) is 7.65. The zero-order valence-electron chi connectivity index (χ0n) is 10.8. The molecule has 2 rings (SSSR count). The highest BCUT2D eigenvalue weighted by Gasteiger charge is 2.14. The molecule has 1 aromatic heterocycles. The van der Waals surface area contributed by atoms with Crippen LogP contribution in [0, 0.1) is 6.92 Å². The molecule has 0 aliphatic rings. The number of hydrogen-bond donors (Lipinski definition) is 0. The van der Waals surface area contributed by atoms with Gasteiger partial charge in [-0.15, -0.1) is 0 Å². The summed E-state index contributed by atoms with van der Waals surface area (Å²) in [5, 5.41) is 4.78. The summed E-state index contributed by atoms with van der Waals surface area (Å²) in [5.74, 6) is 0.620. The van der Waals surface area contributed by atoms with Gasteiger partial charge in [0.25, 0.3) is 0 Å². The first-order chi connectivity index (χ1) is 9.43. The summed E-state index contributed by atoms with van der Waals surface area (Å²) in [6, 6.07) is 3.40. The molecule has 2 aromatic rings. The summed E-state index contributed by atoms with van der Waals surface area (Å²) < 4.78 is 8.79. The van der Waals surface area contributed by atoms with Crippen LogP contribution in [-0.4, -0.2) is 16.1 Å². The van der Waals surface area contributed by atoms with Crippen LogP contribution >= 0.6 is 43.5 Å². The minimum atomic E-state index is 0.302. The van der Waals surface area contributed by atoms with Gasteiger partial charge in [-0.3, -0.25) is 9.48 Å². The smallest absolute Gasteiger partial charge is 0.150 e. The Morgan fingerprint density at radius 1 is 1.40 bits per heavy atom. The highest BCUT2D eigenvalue weighted by molar-refractivity contribution is 9.11. The van der Waals surface area contributed by atoms with Crippen molar-refractivity contribution in [2.45, 2.75) is 13.5 Å². The molecular formula is C13H11Br2ClN2O2. The predicted octanol–water partition coefficient (Wildman–Crippen LogP) is 4.30. The maximum Gasteiger partial charge on any atom is 0.150 e. The lowest BCUT2D eigenvalue weighted by atomic mass is 10.2. The maximum absolute atomic E-state index is 10.8. The lowest BCUT2D eigenvalue weighted by Gasteiger charge is -2.11. The summed E-state index contributed by atoms with van der Waals surface area (Å²) in [4.78, 5) is 10.8. The summed E-state index contributed by atoms with van der Waals surface area (Å²) in [6.45, 7) is 2.18. The number of aldehydes is 1. The summed E-state index contributed by atoms with van der Waals surface area (Å²) >= 11 is 12.9. The van der Waals surface area contributed by atoms with Crippen LogP contribution < -0.4 is 4.74 Å². The Labute approximate surface area is 138 Å². The van der Waals surface area contributed by atoms with Crippen LogP contribution in [-0.2, 0) is 13.7 Å². The van der Waals surface area contributed by atoms with E-state index in [1.807, 2.05) is 6.92 Å². The number of hydrogen-bond acceptors (Lipinski definition) is 3. The van der Waals surface area contributed by atoms with Gasteiger partial charge in [0, 0.05) is 18.2 Å². The van der Waals surface area contributed by atoms with Crippen LogP contribution in [0.3, 0.4) is 0 Å². The lowest BCUT2D eigenvalue weighted by molar-refractivity contribution is 0.112. The van der Waals surface area contributed by atoms with Crippen molar-refractivity contribution in [2.24, 2.45) is 7.05 Å². The molecule has 0 fully saturated rings. The highest BCUT2D eigenvalue weighted by atomic mass is 79.9. The van der Waals surface area contributed by atoms with Crippen molar-refractivity contribution in [3.8, 4) is 5.75 Å². The summed E-state index contributed by atoms with van der Waals surface area (Å²) in [5.41, 5.74) is 2.23. The Balaban J connectivity index is 2.25. The highest BCUT2D eigenvalue weighted by Crippen LogP contribution is 2.35. The topological polar surface area (TPSA) is 44.1 Å². The van der Waals surface area contributed by atoms with Crippen LogP contribution in [0.2, 0.25) is 5.15 Å². The summed E-state index contributed by atoms with van der Waals surface area (Å²) in [7, 11) is 1.78. The third kappa shape index (κ3) is 3.07.